The molecule has 0 radical (unpaired) electrons. The Hall–Kier alpha value is -1.04. The monoisotopic (exact) mass is 254 g/mol. The molecule has 3 nitrogen and oxygen atoms in total. The highest BCUT2D eigenvalue weighted by Crippen LogP contribution is 2.17. The number of rotatable bonds is 3. The Kier molecular flexibility index (Phi) is 3.71. The molecule has 1 fully saturated rings. The molecule has 1 saturated heterocycles. The van der Waals surface area contributed by atoms with E-state index in [4.69, 9.17) is 18.0 Å². The molecular weight excluding hydrogens is 239 g/mol. The zero-order chi connectivity index (χ0) is 12.4. The van der Waals surface area contributed by atoms with Gasteiger partial charge in [-0.3, -0.25) is 4.90 Å². The number of likely N-dealkylation sites (tertiary alicyclic amines) is 1. The van der Waals surface area contributed by atoms with Crippen LogP contribution >= 0.6 is 12.2 Å². The molecule has 1 aromatic carbocycles. The number of hydrogen-bond donors (Lipinski definition) is 2. The van der Waals surface area contributed by atoms with Crippen molar-refractivity contribution in [3.05, 3.63) is 35.1 Å². The number of β-amino-alcohol motifs (C(OH)–C–C–N with tert-alkyl or cyclic N) is 1. The summed E-state index contributed by atoms with van der Waals surface area (Å²) >= 11 is 4.94. The minimum Gasteiger partial charge on any atom is -0.392 e. The lowest BCUT2D eigenvalue weighted by Crippen LogP contribution is -2.23. The largest absolute Gasteiger partial charge is 0.392 e. The molecule has 0 aromatic heterocycles. The fourth-order valence-electron chi connectivity index (χ4n) is 2.13. The molecule has 17 heavy (non-hydrogen) atoms. The zero-order valence-corrected chi connectivity index (χ0v) is 10.2. The summed E-state index contributed by atoms with van der Waals surface area (Å²) in [5.41, 5.74) is 7.10. The predicted molar refractivity (Wildman–Crippen MR) is 68.2 cm³/mol. The van der Waals surface area contributed by atoms with E-state index in [1.54, 1.807) is 6.07 Å². The number of aliphatic hydroxyl groups excluding tert-OH is 1. The van der Waals surface area contributed by atoms with Crippen LogP contribution in [-0.4, -0.2) is 34.2 Å². The summed E-state index contributed by atoms with van der Waals surface area (Å²) in [6, 6.07) is 4.43. The van der Waals surface area contributed by atoms with Gasteiger partial charge < -0.3 is 10.8 Å². The molecule has 1 aliphatic heterocycles. The summed E-state index contributed by atoms with van der Waals surface area (Å²) in [6.45, 7) is 2.00. The van der Waals surface area contributed by atoms with E-state index in [0.29, 0.717) is 18.7 Å². The van der Waals surface area contributed by atoms with E-state index in [-0.39, 0.29) is 16.9 Å². The number of aliphatic hydroxyl groups is 1. The molecule has 1 heterocycles. The van der Waals surface area contributed by atoms with Crippen LogP contribution in [0.3, 0.4) is 0 Å². The average molecular weight is 254 g/mol. The van der Waals surface area contributed by atoms with E-state index in [9.17, 15) is 9.50 Å². The zero-order valence-electron chi connectivity index (χ0n) is 9.40. The van der Waals surface area contributed by atoms with Gasteiger partial charge in [-0.1, -0.05) is 12.2 Å². The second kappa shape index (κ2) is 5.08. The van der Waals surface area contributed by atoms with Crippen molar-refractivity contribution >= 4 is 17.2 Å². The summed E-state index contributed by atoms with van der Waals surface area (Å²) < 4.78 is 13.2. The fourth-order valence-corrected chi connectivity index (χ4v) is 2.33. The summed E-state index contributed by atoms with van der Waals surface area (Å²) in [4.78, 5) is 2.35. The molecule has 0 aliphatic carbocycles. The molecule has 1 aliphatic rings. The Labute approximate surface area is 105 Å². The van der Waals surface area contributed by atoms with Crippen LogP contribution in [0, 0.1) is 5.82 Å². The standard InChI is InChI=1S/C12H15FN2OS/c13-9-1-2-11(12(14)17)8(5-9)6-15-4-3-10(16)7-15/h1-2,5,10,16H,3-4,6-7H2,(H2,14,17). The summed E-state index contributed by atoms with van der Waals surface area (Å²) in [5.74, 6) is -0.292. The first-order valence-corrected chi connectivity index (χ1v) is 5.95. The second-order valence-corrected chi connectivity index (χ2v) is 4.78. The van der Waals surface area contributed by atoms with E-state index >= 15 is 0 Å². The quantitative estimate of drug-likeness (QED) is 0.791. The SMILES string of the molecule is NC(=S)c1ccc(F)cc1CN1CCC(O)C1. The topological polar surface area (TPSA) is 49.5 Å². The van der Waals surface area contributed by atoms with Gasteiger partial charge in [0.25, 0.3) is 0 Å². The van der Waals surface area contributed by atoms with Crippen molar-refractivity contribution < 1.29 is 9.50 Å². The third-order valence-electron chi connectivity index (χ3n) is 2.97. The lowest BCUT2D eigenvalue weighted by Gasteiger charge is -2.17. The third kappa shape index (κ3) is 3.00. The molecule has 0 spiro atoms. The van der Waals surface area contributed by atoms with Crippen molar-refractivity contribution in [2.75, 3.05) is 13.1 Å². The van der Waals surface area contributed by atoms with Gasteiger partial charge in [0.1, 0.15) is 10.8 Å². The normalized spacial score (nSPS) is 20.7. The van der Waals surface area contributed by atoms with Gasteiger partial charge in [0, 0.05) is 25.2 Å². The third-order valence-corrected chi connectivity index (χ3v) is 3.19. The Morgan fingerprint density at radius 3 is 2.94 bits per heavy atom. The number of hydrogen-bond acceptors (Lipinski definition) is 3. The molecule has 2 rings (SSSR count). The van der Waals surface area contributed by atoms with Gasteiger partial charge in [0.15, 0.2) is 0 Å². The van der Waals surface area contributed by atoms with Gasteiger partial charge in [-0.15, -0.1) is 0 Å². The Morgan fingerprint density at radius 1 is 1.59 bits per heavy atom. The second-order valence-electron chi connectivity index (χ2n) is 4.34. The molecule has 1 aromatic rings. The van der Waals surface area contributed by atoms with E-state index in [1.807, 2.05) is 0 Å². The highest BCUT2D eigenvalue weighted by atomic mass is 32.1. The van der Waals surface area contributed by atoms with Gasteiger partial charge in [-0.25, -0.2) is 4.39 Å². The fraction of sp³-hybridized carbons (Fsp3) is 0.417. The minimum atomic E-state index is -0.292. The summed E-state index contributed by atoms with van der Waals surface area (Å²) in [6.07, 6.45) is 0.481. The molecule has 92 valence electrons. The molecule has 5 heteroatoms. The van der Waals surface area contributed by atoms with Crippen LogP contribution in [0.5, 0.6) is 0 Å². The predicted octanol–water partition coefficient (Wildman–Crippen LogP) is 1.03. The van der Waals surface area contributed by atoms with Crippen LogP contribution in [0.25, 0.3) is 0 Å². The molecule has 0 bridgehead atoms. The van der Waals surface area contributed by atoms with E-state index in [1.165, 1.54) is 12.1 Å². The molecule has 1 atom stereocenters. The highest BCUT2D eigenvalue weighted by Gasteiger charge is 2.21. The van der Waals surface area contributed by atoms with Gasteiger partial charge in [-0.2, -0.15) is 0 Å². The smallest absolute Gasteiger partial charge is 0.123 e. The van der Waals surface area contributed by atoms with Crippen molar-refractivity contribution in [3.63, 3.8) is 0 Å². The molecule has 0 amide bonds. The maximum absolute atomic E-state index is 13.2. The van der Waals surface area contributed by atoms with Gasteiger partial charge in [-0.05, 0) is 30.2 Å². The first-order chi connectivity index (χ1) is 8.06. The maximum atomic E-state index is 13.2. The highest BCUT2D eigenvalue weighted by molar-refractivity contribution is 7.80. The Morgan fingerprint density at radius 2 is 2.35 bits per heavy atom. The van der Waals surface area contributed by atoms with Gasteiger partial charge in [0.05, 0.1) is 6.10 Å². The van der Waals surface area contributed by atoms with Crippen LogP contribution in [0.2, 0.25) is 0 Å². The minimum absolute atomic E-state index is 0.278. The number of nitrogens with two attached hydrogens (primary N) is 1. The van der Waals surface area contributed by atoms with Crippen molar-refractivity contribution in [2.24, 2.45) is 5.73 Å². The first kappa shape index (κ1) is 12.4. The van der Waals surface area contributed by atoms with E-state index in [0.717, 1.165) is 18.5 Å². The van der Waals surface area contributed by atoms with Crippen molar-refractivity contribution in [1.29, 1.82) is 0 Å². The Bertz CT molecular complexity index is 439. The van der Waals surface area contributed by atoms with E-state index in [2.05, 4.69) is 4.90 Å². The number of halogens is 1. The van der Waals surface area contributed by atoms with Crippen molar-refractivity contribution in [3.8, 4) is 0 Å². The first-order valence-electron chi connectivity index (χ1n) is 5.55. The maximum Gasteiger partial charge on any atom is 0.123 e. The van der Waals surface area contributed by atoms with Gasteiger partial charge in [0.2, 0.25) is 0 Å². The van der Waals surface area contributed by atoms with Crippen LogP contribution in [0.15, 0.2) is 18.2 Å². The average Bonchev–Trinajstić information content (AvgIpc) is 2.63. The lowest BCUT2D eigenvalue weighted by atomic mass is 10.1. The number of nitrogens with zero attached hydrogens (tertiary/aromatic N) is 1. The number of benzene rings is 1. The lowest BCUT2D eigenvalue weighted by molar-refractivity contribution is 0.174. The van der Waals surface area contributed by atoms with Crippen LogP contribution in [0.4, 0.5) is 4.39 Å². The van der Waals surface area contributed by atoms with Crippen molar-refractivity contribution in [2.45, 2.75) is 19.1 Å². The molecular formula is C12H15FN2OS. The summed E-state index contributed by atoms with van der Waals surface area (Å²) in [5, 5.41) is 9.44. The van der Waals surface area contributed by atoms with Crippen LogP contribution < -0.4 is 5.73 Å². The molecule has 1 unspecified atom stereocenters. The molecule has 0 saturated carbocycles. The van der Waals surface area contributed by atoms with Crippen molar-refractivity contribution in [1.82, 2.24) is 4.90 Å². The molecule has 3 N–H and O–H groups in total. The van der Waals surface area contributed by atoms with Gasteiger partial charge >= 0.3 is 0 Å². The Balaban J connectivity index is 2.19. The van der Waals surface area contributed by atoms with E-state index < -0.39 is 0 Å². The summed E-state index contributed by atoms with van der Waals surface area (Å²) in [7, 11) is 0. The van der Waals surface area contributed by atoms with Crippen LogP contribution in [-0.2, 0) is 6.54 Å². The number of thiocarbonyl (C=S) groups is 1. The van der Waals surface area contributed by atoms with Crippen LogP contribution in [0.1, 0.15) is 17.5 Å².